The fourth-order valence-electron chi connectivity index (χ4n) is 2.44. The lowest BCUT2D eigenvalue weighted by Crippen LogP contribution is -1.99. The van der Waals surface area contributed by atoms with Crippen LogP contribution in [0.4, 0.5) is 0 Å². The Morgan fingerprint density at radius 2 is 2.23 bits per heavy atom. The third-order valence-electron chi connectivity index (χ3n) is 3.54. The first-order chi connectivity index (χ1) is 10.8. The van der Waals surface area contributed by atoms with Crippen molar-refractivity contribution in [1.29, 1.82) is 0 Å². The molecule has 0 aliphatic carbocycles. The van der Waals surface area contributed by atoms with E-state index in [1.165, 1.54) is 0 Å². The molecule has 7 nitrogen and oxygen atoms in total. The molecule has 0 spiro atoms. The Hall–Kier alpha value is -2.67. The summed E-state index contributed by atoms with van der Waals surface area (Å²) in [5.41, 5.74) is 2.05. The standard InChI is InChI=1S/C14H13N3O2.CH2O2/c1-2-12-9(3-5-15-12)7-10(1)14-16-13(17-19-14)11-4-6-18-8-11;2-1-3/h1-3,5,7,11,15H,4,6,8H2;1H,(H,2,3). The maximum Gasteiger partial charge on any atom is 0.290 e. The average Bonchev–Trinajstić information content (AvgIpc) is 3.27. The number of nitrogens with zero attached hydrogens (tertiary/aromatic N) is 2. The molecular formula is C15H15N3O4. The van der Waals surface area contributed by atoms with Gasteiger partial charge < -0.3 is 19.4 Å². The molecule has 0 radical (unpaired) electrons. The maximum atomic E-state index is 8.36. The summed E-state index contributed by atoms with van der Waals surface area (Å²) in [5, 5.41) is 12.1. The first kappa shape index (κ1) is 14.3. The lowest BCUT2D eigenvalue weighted by molar-refractivity contribution is -0.122. The number of hydrogen-bond donors (Lipinski definition) is 2. The number of carboxylic acid groups (broad SMARTS) is 1. The van der Waals surface area contributed by atoms with Crippen LogP contribution in [-0.2, 0) is 9.53 Å². The molecule has 2 N–H and O–H groups in total. The largest absolute Gasteiger partial charge is 0.483 e. The van der Waals surface area contributed by atoms with Crippen LogP contribution in [0.3, 0.4) is 0 Å². The summed E-state index contributed by atoms with van der Waals surface area (Å²) in [4.78, 5) is 16.0. The molecule has 1 aliphatic heterocycles. The van der Waals surface area contributed by atoms with E-state index in [-0.39, 0.29) is 12.4 Å². The topological polar surface area (TPSA) is 101 Å². The van der Waals surface area contributed by atoms with Crippen molar-refractivity contribution in [2.24, 2.45) is 0 Å². The van der Waals surface area contributed by atoms with Crippen LogP contribution in [0.5, 0.6) is 0 Å². The first-order valence-electron chi connectivity index (χ1n) is 6.88. The lowest BCUT2D eigenvalue weighted by atomic mass is 10.1. The van der Waals surface area contributed by atoms with Crippen molar-refractivity contribution >= 4 is 17.4 Å². The molecule has 1 fully saturated rings. The molecule has 1 atom stereocenters. The monoisotopic (exact) mass is 301 g/mol. The van der Waals surface area contributed by atoms with Gasteiger partial charge in [-0.2, -0.15) is 4.98 Å². The molecule has 4 rings (SSSR count). The van der Waals surface area contributed by atoms with Gasteiger partial charge in [-0.05, 0) is 30.7 Å². The van der Waals surface area contributed by atoms with Crippen molar-refractivity contribution in [2.45, 2.75) is 12.3 Å². The van der Waals surface area contributed by atoms with Gasteiger partial charge >= 0.3 is 0 Å². The second-order valence-electron chi connectivity index (χ2n) is 4.90. The zero-order valence-electron chi connectivity index (χ0n) is 11.7. The minimum atomic E-state index is -0.250. The maximum absolute atomic E-state index is 8.36. The molecular weight excluding hydrogens is 286 g/mol. The zero-order chi connectivity index (χ0) is 15.4. The number of aromatic nitrogens is 3. The third kappa shape index (κ3) is 2.84. The molecule has 0 saturated carbocycles. The fraction of sp³-hybridized carbons (Fsp3) is 0.267. The second kappa shape index (κ2) is 6.40. The number of rotatable bonds is 2. The second-order valence-corrected chi connectivity index (χ2v) is 4.90. The highest BCUT2D eigenvalue weighted by Crippen LogP contribution is 2.27. The summed E-state index contributed by atoms with van der Waals surface area (Å²) in [6, 6.07) is 8.09. The van der Waals surface area contributed by atoms with Crippen molar-refractivity contribution in [3.05, 3.63) is 36.3 Å². The highest BCUT2D eigenvalue weighted by atomic mass is 16.5. The number of carbonyl (C=O) groups is 1. The molecule has 1 saturated heterocycles. The predicted molar refractivity (Wildman–Crippen MR) is 78.5 cm³/mol. The van der Waals surface area contributed by atoms with E-state index in [1.807, 2.05) is 30.5 Å². The van der Waals surface area contributed by atoms with Crippen molar-refractivity contribution in [3.63, 3.8) is 0 Å². The first-order valence-corrected chi connectivity index (χ1v) is 6.88. The van der Waals surface area contributed by atoms with Gasteiger partial charge in [0.15, 0.2) is 5.82 Å². The summed E-state index contributed by atoms with van der Waals surface area (Å²) < 4.78 is 10.7. The molecule has 22 heavy (non-hydrogen) atoms. The molecule has 3 aromatic rings. The van der Waals surface area contributed by atoms with Crippen LogP contribution in [0.15, 0.2) is 35.0 Å². The number of aromatic amines is 1. The van der Waals surface area contributed by atoms with Crippen LogP contribution in [0, 0.1) is 0 Å². The predicted octanol–water partition coefficient (Wildman–Crippen LogP) is 2.42. The fourth-order valence-corrected chi connectivity index (χ4v) is 2.44. The van der Waals surface area contributed by atoms with Crippen molar-refractivity contribution in [3.8, 4) is 11.5 Å². The van der Waals surface area contributed by atoms with Gasteiger partial charge in [0.25, 0.3) is 12.4 Å². The van der Waals surface area contributed by atoms with E-state index in [0.717, 1.165) is 35.3 Å². The van der Waals surface area contributed by atoms with Gasteiger partial charge in [0, 0.05) is 35.2 Å². The molecule has 3 heterocycles. The van der Waals surface area contributed by atoms with E-state index in [2.05, 4.69) is 15.1 Å². The van der Waals surface area contributed by atoms with Crippen molar-refractivity contribution < 1.29 is 19.2 Å². The molecule has 1 aromatic carbocycles. The Balaban J connectivity index is 0.000000446. The third-order valence-corrected chi connectivity index (χ3v) is 3.54. The lowest BCUT2D eigenvalue weighted by Gasteiger charge is -1.98. The number of ether oxygens (including phenoxy) is 1. The van der Waals surface area contributed by atoms with Gasteiger partial charge in [-0.3, -0.25) is 4.79 Å². The van der Waals surface area contributed by atoms with Crippen molar-refractivity contribution in [1.82, 2.24) is 15.1 Å². The Bertz CT molecular complexity index is 759. The summed E-state index contributed by atoms with van der Waals surface area (Å²) in [5.74, 6) is 1.60. The van der Waals surface area contributed by atoms with Crippen LogP contribution >= 0.6 is 0 Å². The normalized spacial score (nSPS) is 17.2. The highest BCUT2D eigenvalue weighted by Gasteiger charge is 2.23. The Morgan fingerprint density at radius 3 is 3.00 bits per heavy atom. The molecule has 0 bridgehead atoms. The molecule has 2 aromatic heterocycles. The number of benzene rings is 1. The Kier molecular flexibility index (Phi) is 4.15. The summed E-state index contributed by atoms with van der Waals surface area (Å²) in [6.07, 6.45) is 2.89. The quantitative estimate of drug-likeness (QED) is 0.705. The molecule has 1 aliphatic rings. The van der Waals surface area contributed by atoms with Crippen LogP contribution < -0.4 is 0 Å². The number of nitrogens with one attached hydrogen (secondary N) is 1. The van der Waals surface area contributed by atoms with Gasteiger partial charge in [0.2, 0.25) is 0 Å². The highest BCUT2D eigenvalue weighted by molar-refractivity contribution is 5.83. The molecule has 1 unspecified atom stereocenters. The van der Waals surface area contributed by atoms with E-state index in [4.69, 9.17) is 19.2 Å². The van der Waals surface area contributed by atoms with Gasteiger partial charge in [0.1, 0.15) is 0 Å². The van der Waals surface area contributed by atoms with E-state index in [0.29, 0.717) is 12.5 Å². The van der Waals surface area contributed by atoms with Gasteiger partial charge in [-0.1, -0.05) is 5.16 Å². The number of H-pyrrole nitrogens is 1. The summed E-state index contributed by atoms with van der Waals surface area (Å²) in [7, 11) is 0. The number of hydrogen-bond acceptors (Lipinski definition) is 5. The van der Waals surface area contributed by atoms with Crippen LogP contribution in [-0.4, -0.2) is 39.9 Å². The number of fused-ring (bicyclic) bond motifs is 1. The summed E-state index contributed by atoms with van der Waals surface area (Å²) >= 11 is 0. The van der Waals surface area contributed by atoms with Crippen LogP contribution in [0.25, 0.3) is 22.4 Å². The van der Waals surface area contributed by atoms with Gasteiger partial charge in [0.05, 0.1) is 6.61 Å². The minimum absolute atomic E-state index is 0.250. The summed E-state index contributed by atoms with van der Waals surface area (Å²) in [6.45, 7) is 1.22. The SMILES string of the molecule is O=CO.c1cc2cc(-c3nc(C4CCOC4)no3)ccc2[nH]1. The van der Waals surface area contributed by atoms with Crippen LogP contribution in [0.2, 0.25) is 0 Å². The molecule has 0 amide bonds. The zero-order valence-corrected chi connectivity index (χ0v) is 11.7. The van der Waals surface area contributed by atoms with E-state index in [1.54, 1.807) is 0 Å². The van der Waals surface area contributed by atoms with E-state index < -0.39 is 0 Å². The van der Waals surface area contributed by atoms with E-state index >= 15 is 0 Å². The van der Waals surface area contributed by atoms with Gasteiger partial charge in [-0.15, -0.1) is 0 Å². The Morgan fingerprint density at radius 1 is 1.36 bits per heavy atom. The Labute approximate surface area is 125 Å². The van der Waals surface area contributed by atoms with Crippen molar-refractivity contribution in [2.75, 3.05) is 13.2 Å². The van der Waals surface area contributed by atoms with Gasteiger partial charge in [-0.25, -0.2) is 0 Å². The molecule has 7 heteroatoms. The van der Waals surface area contributed by atoms with Crippen LogP contribution in [0.1, 0.15) is 18.2 Å². The average molecular weight is 301 g/mol. The minimum Gasteiger partial charge on any atom is -0.483 e. The molecule has 114 valence electrons. The smallest absolute Gasteiger partial charge is 0.290 e. The van der Waals surface area contributed by atoms with E-state index in [9.17, 15) is 0 Å².